The molecule has 0 aliphatic carbocycles. The minimum absolute atomic E-state index is 0. The van der Waals surface area contributed by atoms with E-state index < -0.39 is 29.9 Å². The Labute approximate surface area is 279 Å². The summed E-state index contributed by atoms with van der Waals surface area (Å²) in [5, 5.41) is 44.0. The molecule has 2 rings (SSSR count). The van der Waals surface area contributed by atoms with Crippen LogP contribution >= 0.6 is 0 Å². The number of aliphatic carboxylic acids is 4. The summed E-state index contributed by atoms with van der Waals surface area (Å²) in [6, 6.07) is 6.94. The fraction of sp³-hybridized carbons (Fsp3) is 0.643. The van der Waals surface area contributed by atoms with Crippen molar-refractivity contribution in [1.82, 2.24) is 19.6 Å². The van der Waals surface area contributed by atoms with Gasteiger partial charge in [-0.05, 0) is 43.9 Å². The summed E-state index contributed by atoms with van der Waals surface area (Å²) in [7, 11) is 0. The van der Waals surface area contributed by atoms with Gasteiger partial charge in [0.2, 0.25) is 0 Å². The van der Waals surface area contributed by atoms with E-state index in [0.29, 0.717) is 19.4 Å². The number of carboxylic acids is 4. The van der Waals surface area contributed by atoms with Gasteiger partial charge in [0.05, 0.1) is 24.5 Å². The zero-order chi connectivity index (χ0) is 30.2. The molecule has 1 aromatic carbocycles. The van der Waals surface area contributed by atoms with Crippen molar-refractivity contribution in [3.05, 3.63) is 29.8 Å². The summed E-state index contributed by atoms with van der Waals surface area (Å²) in [5.41, 5.74) is 1.12. The van der Waals surface area contributed by atoms with Gasteiger partial charge in [0.25, 0.3) is 0 Å². The van der Waals surface area contributed by atoms with E-state index in [0.717, 1.165) is 24.2 Å². The van der Waals surface area contributed by atoms with Crippen molar-refractivity contribution in [1.29, 1.82) is 0 Å². The fourth-order valence-electron chi connectivity index (χ4n) is 4.93. The molecule has 14 heteroatoms. The van der Waals surface area contributed by atoms with E-state index in [4.69, 9.17) is 4.74 Å². The molecule has 0 spiro atoms. The number of nitrogens with zero attached hydrogens (tertiary/aromatic N) is 4. The number of hydrogen-bond donors (Lipinski definition) is 1. The number of unbranched alkanes of at least 4 members (excludes halogenated alkanes) is 1. The molecule has 13 nitrogen and oxygen atoms in total. The smallest absolute Gasteiger partial charge is 0.549 e. The van der Waals surface area contributed by atoms with Crippen LogP contribution in [0.15, 0.2) is 24.3 Å². The summed E-state index contributed by atoms with van der Waals surface area (Å²) < 4.78 is 5.46. The number of rotatable bonds is 15. The summed E-state index contributed by atoms with van der Waals surface area (Å²) >= 11 is 0. The average Bonchev–Trinajstić information content (AvgIpc) is 2.89. The third kappa shape index (κ3) is 15.5. The second-order valence-electron chi connectivity index (χ2n) is 10.2. The summed E-state index contributed by atoms with van der Waals surface area (Å²) in [5.74, 6) is -4.09. The molecule has 1 aliphatic rings. The topological polar surface area (TPSA) is 180 Å². The molecular formula is C28H41GdN4O9. The van der Waals surface area contributed by atoms with E-state index in [1.165, 1.54) is 0 Å². The Hall–Kier alpha value is -1.94. The molecule has 1 aromatic rings. The minimum atomic E-state index is -1.30. The minimum Gasteiger partial charge on any atom is -0.549 e. The van der Waals surface area contributed by atoms with Gasteiger partial charge in [0.1, 0.15) is 11.8 Å². The predicted molar refractivity (Wildman–Crippen MR) is 143 cm³/mol. The first-order valence-electron chi connectivity index (χ1n) is 14.0. The van der Waals surface area contributed by atoms with Crippen LogP contribution in [0.4, 0.5) is 0 Å². The van der Waals surface area contributed by atoms with Crippen LogP contribution in [0, 0.1) is 39.9 Å². The molecular weight excluding hydrogens is 694 g/mol. The normalized spacial score (nSPS) is 17.3. The van der Waals surface area contributed by atoms with Gasteiger partial charge >= 0.3 is 45.9 Å². The molecule has 0 saturated carbocycles. The Balaban J connectivity index is 0.00000882. The molecule has 0 amide bonds. The van der Waals surface area contributed by atoms with Crippen molar-refractivity contribution >= 4 is 23.9 Å². The van der Waals surface area contributed by atoms with Crippen LogP contribution in [0.2, 0.25) is 0 Å². The molecule has 0 bridgehead atoms. The number of ether oxygens (including phenoxy) is 1. The Kier molecular flexibility index (Phi) is 18.9. The molecule has 0 unspecified atom stereocenters. The SMILES string of the molecule is CCOc1ccc(CCCC[C@@H](C(=O)O)N2CCN(CC(=O)[O-])CCN(CC(=O)[O-])CCN(CC(=O)[O-])CC2)cc1.[Gd+3]. The van der Waals surface area contributed by atoms with Crippen molar-refractivity contribution in [3.8, 4) is 5.75 Å². The van der Waals surface area contributed by atoms with Crippen molar-refractivity contribution < 1.29 is 84.3 Å². The second-order valence-corrected chi connectivity index (χ2v) is 10.2. The Morgan fingerprint density at radius 2 is 1.19 bits per heavy atom. The number of aryl methyl sites for hydroxylation is 1. The van der Waals surface area contributed by atoms with Crippen LogP contribution in [-0.4, -0.2) is 133 Å². The average molecular weight is 735 g/mol. The third-order valence-corrected chi connectivity index (χ3v) is 7.08. The van der Waals surface area contributed by atoms with Crippen LogP contribution in [0.3, 0.4) is 0 Å². The van der Waals surface area contributed by atoms with Crippen LogP contribution in [0.1, 0.15) is 31.7 Å². The molecule has 1 radical (unpaired) electrons. The van der Waals surface area contributed by atoms with Crippen molar-refractivity contribution in [2.45, 2.75) is 38.6 Å². The number of carbonyl (C=O) groups is 4. The summed E-state index contributed by atoms with van der Waals surface area (Å²) in [4.78, 5) is 52.8. The van der Waals surface area contributed by atoms with Crippen molar-refractivity contribution in [2.24, 2.45) is 0 Å². The Bertz CT molecular complexity index is 951. The summed E-state index contributed by atoms with van der Waals surface area (Å²) in [6.45, 7) is 3.03. The monoisotopic (exact) mass is 735 g/mol. The first kappa shape index (κ1) is 38.1. The van der Waals surface area contributed by atoms with E-state index >= 15 is 0 Å². The number of carbonyl (C=O) groups excluding carboxylic acids is 3. The molecule has 235 valence electrons. The van der Waals surface area contributed by atoms with Crippen molar-refractivity contribution in [2.75, 3.05) is 78.6 Å². The van der Waals surface area contributed by atoms with Crippen LogP contribution in [0.5, 0.6) is 5.75 Å². The molecule has 0 aromatic heterocycles. The quantitative estimate of drug-likeness (QED) is 0.178. The van der Waals surface area contributed by atoms with E-state index in [1.54, 1.807) is 19.6 Å². The molecule has 1 heterocycles. The fourth-order valence-corrected chi connectivity index (χ4v) is 4.93. The molecule has 1 atom stereocenters. The van der Waals surface area contributed by atoms with Gasteiger partial charge in [0.15, 0.2) is 0 Å². The maximum atomic E-state index is 12.3. The van der Waals surface area contributed by atoms with Crippen molar-refractivity contribution in [3.63, 3.8) is 0 Å². The standard InChI is InChI=1S/C28H44N4O9.Gd/c1-2-41-23-9-7-22(8-10-23)5-3-4-6-24(28(39)40)32-17-15-30(20-26(35)36)13-11-29(19-25(33)34)12-14-31(16-18-32)21-27(37)38;/h7-10,24H,2-6,11-21H2,1H3,(H,33,34)(H,35,36)(H,37,38)(H,39,40);/q;+3/p-3/t24-;/m0./s1. The van der Waals surface area contributed by atoms with E-state index in [1.807, 2.05) is 31.2 Å². The zero-order valence-corrected chi connectivity index (χ0v) is 26.3. The van der Waals surface area contributed by atoms with E-state index in [-0.39, 0.29) is 112 Å². The zero-order valence-electron chi connectivity index (χ0n) is 24.1. The van der Waals surface area contributed by atoms with E-state index in [9.17, 15) is 39.6 Å². The van der Waals surface area contributed by atoms with Crippen LogP contribution < -0.4 is 20.1 Å². The first-order valence-corrected chi connectivity index (χ1v) is 14.0. The van der Waals surface area contributed by atoms with Crippen LogP contribution in [0.25, 0.3) is 0 Å². The number of hydrogen-bond acceptors (Lipinski definition) is 12. The molecule has 1 aliphatic heterocycles. The molecule has 1 N–H and O–H groups in total. The van der Waals surface area contributed by atoms with Gasteiger partial charge in [-0.2, -0.15) is 0 Å². The van der Waals surface area contributed by atoms with Gasteiger partial charge in [0, 0.05) is 72.0 Å². The van der Waals surface area contributed by atoms with Gasteiger partial charge in [-0.15, -0.1) is 0 Å². The second kappa shape index (κ2) is 20.9. The maximum absolute atomic E-state index is 12.3. The van der Waals surface area contributed by atoms with Crippen LogP contribution in [-0.2, 0) is 25.6 Å². The third-order valence-electron chi connectivity index (χ3n) is 7.08. The first-order chi connectivity index (χ1) is 19.6. The molecule has 1 saturated heterocycles. The largest absolute Gasteiger partial charge is 3.00 e. The van der Waals surface area contributed by atoms with E-state index in [2.05, 4.69) is 0 Å². The molecule has 1 fully saturated rings. The Morgan fingerprint density at radius 1 is 0.762 bits per heavy atom. The number of carboxylic acid groups (broad SMARTS) is 4. The Morgan fingerprint density at radius 3 is 1.57 bits per heavy atom. The summed E-state index contributed by atoms with van der Waals surface area (Å²) in [6.07, 6.45) is 2.56. The van der Waals surface area contributed by atoms with Gasteiger partial charge in [-0.1, -0.05) is 18.6 Å². The number of benzene rings is 1. The maximum Gasteiger partial charge on any atom is 3.00 e. The van der Waals surface area contributed by atoms with Gasteiger partial charge in [-0.25, -0.2) is 0 Å². The predicted octanol–water partition coefficient (Wildman–Crippen LogP) is -3.28. The van der Waals surface area contributed by atoms with Gasteiger partial charge < -0.3 is 39.5 Å². The van der Waals surface area contributed by atoms with Gasteiger partial charge in [-0.3, -0.25) is 24.4 Å². The molecule has 42 heavy (non-hydrogen) atoms.